The highest BCUT2D eigenvalue weighted by Gasteiger charge is 2.31. The minimum atomic E-state index is 0.338. The number of nitrogens with zero attached hydrogens (tertiary/aromatic N) is 2. The second-order valence-corrected chi connectivity index (χ2v) is 11.4. The number of carbonyl (C=O) groups is 1. The third kappa shape index (κ3) is 7.01. The van der Waals surface area contributed by atoms with Crippen LogP contribution in [0.4, 0.5) is 0 Å². The molecule has 190 valence electrons. The molecule has 0 radical (unpaired) electrons. The average molecular weight is 504 g/mol. The summed E-state index contributed by atoms with van der Waals surface area (Å²) in [5, 5.41) is 7.89. The molecule has 2 aliphatic rings. The van der Waals surface area contributed by atoms with E-state index in [9.17, 15) is 4.79 Å². The Hall–Kier alpha value is -2.57. The number of aromatic nitrogens is 1. The maximum Gasteiger partial charge on any atom is 0.222 e. The minimum Gasteiger partial charge on any atom is -0.360 e. The standard InChI is InChI=1S/C30H37N3O2S/c34-30(33-15-12-24(13-16-33)17-23-7-3-1-4-8-23)19-25-11-14-31-21-26(25)18-27-20-28(35-32-27)22-36-29-9-5-2-6-10-29/h1-10,20,24-26,31H,11-19,21-22H2/t25-,26+/m1/s1. The van der Waals surface area contributed by atoms with Crippen LogP contribution in [0.15, 0.2) is 76.1 Å². The summed E-state index contributed by atoms with van der Waals surface area (Å²) in [5.41, 5.74) is 2.42. The number of nitrogens with one attached hydrogen (secondary N) is 1. The fourth-order valence-electron chi connectivity index (χ4n) is 5.63. The van der Waals surface area contributed by atoms with E-state index < -0.39 is 0 Å². The zero-order chi connectivity index (χ0) is 24.6. The molecule has 1 amide bonds. The van der Waals surface area contributed by atoms with Gasteiger partial charge in [-0.15, -0.1) is 11.8 Å². The van der Waals surface area contributed by atoms with E-state index in [2.05, 4.69) is 76.0 Å². The van der Waals surface area contributed by atoms with Gasteiger partial charge in [-0.3, -0.25) is 4.79 Å². The third-order valence-corrected chi connectivity index (χ3v) is 8.77. The molecule has 2 aromatic carbocycles. The van der Waals surface area contributed by atoms with Gasteiger partial charge in [0.2, 0.25) is 5.91 Å². The molecule has 2 aliphatic heterocycles. The predicted octanol–water partition coefficient (Wildman–Crippen LogP) is 5.61. The molecule has 3 aromatic rings. The lowest BCUT2D eigenvalue weighted by molar-refractivity contribution is -0.134. The van der Waals surface area contributed by atoms with Crippen molar-refractivity contribution in [3.8, 4) is 0 Å². The fourth-order valence-corrected chi connectivity index (χ4v) is 6.43. The van der Waals surface area contributed by atoms with E-state index in [0.29, 0.717) is 30.1 Å². The number of thioether (sulfide) groups is 1. The first-order valence-corrected chi connectivity index (χ1v) is 14.4. The largest absolute Gasteiger partial charge is 0.360 e. The molecule has 5 nitrogen and oxygen atoms in total. The maximum atomic E-state index is 13.2. The zero-order valence-electron chi connectivity index (χ0n) is 21.0. The summed E-state index contributed by atoms with van der Waals surface area (Å²) >= 11 is 1.76. The fraction of sp³-hybridized carbons (Fsp3) is 0.467. The third-order valence-electron chi connectivity index (χ3n) is 7.74. The van der Waals surface area contributed by atoms with Crippen LogP contribution < -0.4 is 5.32 Å². The van der Waals surface area contributed by atoms with Gasteiger partial charge in [0.1, 0.15) is 5.76 Å². The van der Waals surface area contributed by atoms with Crippen molar-refractivity contribution in [1.29, 1.82) is 0 Å². The van der Waals surface area contributed by atoms with Gasteiger partial charge in [-0.25, -0.2) is 0 Å². The molecule has 0 aliphatic carbocycles. The highest BCUT2D eigenvalue weighted by molar-refractivity contribution is 7.98. The van der Waals surface area contributed by atoms with Gasteiger partial charge < -0.3 is 14.7 Å². The monoisotopic (exact) mass is 503 g/mol. The Kier molecular flexibility index (Phi) is 8.78. The van der Waals surface area contributed by atoms with Gasteiger partial charge in [0.05, 0.1) is 11.4 Å². The Bertz CT molecular complexity index is 1080. The molecule has 0 bridgehead atoms. The van der Waals surface area contributed by atoms with Crippen molar-refractivity contribution in [2.45, 2.75) is 49.2 Å². The highest BCUT2D eigenvalue weighted by Crippen LogP contribution is 2.29. The van der Waals surface area contributed by atoms with Crippen molar-refractivity contribution < 1.29 is 9.32 Å². The Morgan fingerprint density at radius 1 is 0.972 bits per heavy atom. The molecule has 0 unspecified atom stereocenters. The van der Waals surface area contributed by atoms with Crippen molar-refractivity contribution in [3.05, 3.63) is 83.7 Å². The van der Waals surface area contributed by atoms with E-state index in [1.165, 1.54) is 10.5 Å². The Morgan fingerprint density at radius 3 is 2.50 bits per heavy atom. The molecule has 3 heterocycles. The maximum absolute atomic E-state index is 13.2. The normalized spacial score (nSPS) is 20.9. The number of likely N-dealkylation sites (tertiary alicyclic amines) is 1. The second-order valence-electron chi connectivity index (χ2n) is 10.3. The van der Waals surface area contributed by atoms with Crippen LogP contribution in [0.1, 0.15) is 42.7 Å². The van der Waals surface area contributed by atoms with E-state index in [-0.39, 0.29) is 0 Å². The quantitative estimate of drug-likeness (QED) is 0.385. The summed E-state index contributed by atoms with van der Waals surface area (Å²) < 4.78 is 5.63. The second kappa shape index (κ2) is 12.6. The van der Waals surface area contributed by atoms with E-state index in [1.54, 1.807) is 11.8 Å². The van der Waals surface area contributed by atoms with Gasteiger partial charge in [-0.2, -0.15) is 0 Å². The van der Waals surface area contributed by atoms with Crippen LogP contribution >= 0.6 is 11.8 Å². The van der Waals surface area contributed by atoms with Crippen molar-refractivity contribution in [3.63, 3.8) is 0 Å². The van der Waals surface area contributed by atoms with Crippen molar-refractivity contribution >= 4 is 17.7 Å². The van der Waals surface area contributed by atoms with Gasteiger partial charge in [-0.1, -0.05) is 53.7 Å². The first-order chi connectivity index (χ1) is 17.7. The van der Waals surface area contributed by atoms with Crippen LogP contribution in [0.3, 0.4) is 0 Å². The van der Waals surface area contributed by atoms with Gasteiger partial charge in [0.25, 0.3) is 0 Å². The number of benzene rings is 2. The number of piperidine rings is 2. The molecule has 2 atom stereocenters. The number of rotatable bonds is 9. The van der Waals surface area contributed by atoms with Crippen molar-refractivity contribution in [1.82, 2.24) is 15.4 Å². The van der Waals surface area contributed by atoms with E-state index >= 15 is 0 Å². The molecule has 1 N–H and O–H groups in total. The van der Waals surface area contributed by atoms with Crippen molar-refractivity contribution in [2.75, 3.05) is 26.2 Å². The molecule has 5 rings (SSSR count). The van der Waals surface area contributed by atoms with Gasteiger partial charge >= 0.3 is 0 Å². The molecule has 2 saturated heterocycles. The van der Waals surface area contributed by atoms with Crippen molar-refractivity contribution in [2.24, 2.45) is 17.8 Å². The molecule has 6 heteroatoms. The minimum absolute atomic E-state index is 0.338. The average Bonchev–Trinajstić information content (AvgIpc) is 3.37. The van der Waals surface area contributed by atoms with Crippen LogP contribution in [0.5, 0.6) is 0 Å². The summed E-state index contributed by atoms with van der Waals surface area (Å²) in [6.45, 7) is 3.73. The van der Waals surface area contributed by atoms with Gasteiger partial charge in [-0.05, 0) is 80.6 Å². The Labute approximate surface area is 219 Å². The van der Waals surface area contributed by atoms with Crippen LogP contribution in [0, 0.1) is 17.8 Å². The molecular weight excluding hydrogens is 466 g/mol. The van der Waals surface area contributed by atoms with Crippen LogP contribution in [0.25, 0.3) is 0 Å². The zero-order valence-corrected chi connectivity index (χ0v) is 21.8. The highest BCUT2D eigenvalue weighted by atomic mass is 32.2. The van der Waals surface area contributed by atoms with E-state index in [4.69, 9.17) is 4.52 Å². The number of hydrogen-bond donors (Lipinski definition) is 1. The number of amides is 1. The van der Waals surface area contributed by atoms with Crippen LogP contribution in [-0.2, 0) is 23.4 Å². The first-order valence-electron chi connectivity index (χ1n) is 13.4. The Morgan fingerprint density at radius 2 is 1.72 bits per heavy atom. The summed E-state index contributed by atoms with van der Waals surface area (Å²) in [4.78, 5) is 16.6. The predicted molar refractivity (Wildman–Crippen MR) is 145 cm³/mol. The summed E-state index contributed by atoms with van der Waals surface area (Å²) in [7, 11) is 0. The first kappa shape index (κ1) is 25.1. The lowest BCUT2D eigenvalue weighted by Crippen LogP contribution is -2.43. The Balaban J connectivity index is 1.09. The molecule has 0 spiro atoms. The van der Waals surface area contributed by atoms with Crippen LogP contribution in [0.2, 0.25) is 0 Å². The summed E-state index contributed by atoms with van der Waals surface area (Å²) in [5.74, 6) is 3.53. The van der Waals surface area contributed by atoms with E-state index in [0.717, 1.165) is 75.5 Å². The SMILES string of the molecule is O=C(C[C@H]1CCNC[C@@H]1Cc1cc(CSc2ccccc2)on1)N1CCC(Cc2ccccc2)CC1. The summed E-state index contributed by atoms with van der Waals surface area (Å²) in [6, 6.07) is 23.2. The number of hydrogen-bond acceptors (Lipinski definition) is 5. The smallest absolute Gasteiger partial charge is 0.222 e. The summed E-state index contributed by atoms with van der Waals surface area (Å²) in [6.07, 6.45) is 5.92. The lowest BCUT2D eigenvalue weighted by atomic mass is 9.80. The van der Waals surface area contributed by atoms with Crippen LogP contribution in [-0.4, -0.2) is 42.1 Å². The van der Waals surface area contributed by atoms with Gasteiger partial charge in [0, 0.05) is 30.5 Å². The topological polar surface area (TPSA) is 58.4 Å². The molecule has 36 heavy (non-hydrogen) atoms. The molecular formula is C30H37N3O2S. The lowest BCUT2D eigenvalue weighted by Gasteiger charge is -2.36. The van der Waals surface area contributed by atoms with E-state index in [1.807, 2.05) is 6.07 Å². The molecule has 2 fully saturated rings. The number of carbonyl (C=O) groups excluding carboxylic acids is 1. The molecule has 1 aromatic heterocycles. The molecule has 0 saturated carbocycles. The van der Waals surface area contributed by atoms with Gasteiger partial charge in [0.15, 0.2) is 0 Å².